The Bertz CT molecular complexity index is 711. The molecule has 2 fully saturated rings. The normalized spacial score (nSPS) is 23.9. The van der Waals surface area contributed by atoms with Crippen LogP contribution in [0.4, 0.5) is 0 Å². The summed E-state index contributed by atoms with van der Waals surface area (Å²) in [7, 11) is 0. The van der Waals surface area contributed by atoms with Crippen molar-refractivity contribution < 1.29 is 9.59 Å². The fraction of sp³-hybridized carbons (Fsp3) is 0.650. The molecule has 1 aromatic heterocycles. The SMILES string of the molecule is CCNC(=O)[C@@H]1C[C@H](NC(=O)Cn2ccccc2=O)CN1C1CCCCC1. The number of rotatable bonds is 6. The maximum atomic E-state index is 12.6. The highest BCUT2D eigenvalue weighted by atomic mass is 16.2. The minimum atomic E-state index is -0.192. The van der Waals surface area contributed by atoms with E-state index in [2.05, 4.69) is 15.5 Å². The lowest BCUT2D eigenvalue weighted by Gasteiger charge is -2.34. The van der Waals surface area contributed by atoms with Crippen molar-refractivity contribution in [2.75, 3.05) is 13.1 Å². The quantitative estimate of drug-likeness (QED) is 0.774. The Morgan fingerprint density at radius 2 is 1.96 bits per heavy atom. The lowest BCUT2D eigenvalue weighted by atomic mass is 9.93. The molecule has 2 aliphatic rings. The van der Waals surface area contributed by atoms with E-state index >= 15 is 0 Å². The summed E-state index contributed by atoms with van der Waals surface area (Å²) in [6.07, 6.45) is 8.16. The average Bonchev–Trinajstić information content (AvgIpc) is 3.08. The molecule has 0 radical (unpaired) electrons. The first-order valence-corrected chi connectivity index (χ1v) is 10.1. The number of likely N-dealkylation sites (tertiary alicyclic amines) is 1. The van der Waals surface area contributed by atoms with Gasteiger partial charge in [-0.3, -0.25) is 19.3 Å². The van der Waals surface area contributed by atoms with Gasteiger partial charge in [0.15, 0.2) is 0 Å². The molecule has 2 atom stereocenters. The second-order valence-electron chi connectivity index (χ2n) is 7.57. The van der Waals surface area contributed by atoms with E-state index in [9.17, 15) is 14.4 Å². The smallest absolute Gasteiger partial charge is 0.250 e. The van der Waals surface area contributed by atoms with Crippen molar-refractivity contribution in [1.29, 1.82) is 0 Å². The van der Waals surface area contributed by atoms with Gasteiger partial charge in [0.25, 0.3) is 5.56 Å². The molecule has 1 saturated carbocycles. The molecule has 1 saturated heterocycles. The number of nitrogens with zero attached hydrogens (tertiary/aromatic N) is 2. The zero-order valence-corrected chi connectivity index (χ0v) is 16.0. The second-order valence-corrected chi connectivity index (χ2v) is 7.57. The van der Waals surface area contributed by atoms with Crippen molar-refractivity contribution in [1.82, 2.24) is 20.1 Å². The maximum absolute atomic E-state index is 12.6. The van der Waals surface area contributed by atoms with E-state index in [1.165, 1.54) is 29.9 Å². The van der Waals surface area contributed by atoms with Gasteiger partial charge in [-0.05, 0) is 32.3 Å². The van der Waals surface area contributed by atoms with Crippen LogP contribution in [0.15, 0.2) is 29.2 Å². The minimum absolute atomic E-state index is 0.00538. The third-order valence-electron chi connectivity index (χ3n) is 5.61. The Kier molecular flexibility index (Phi) is 6.66. The number of hydrogen-bond donors (Lipinski definition) is 2. The fourth-order valence-corrected chi connectivity index (χ4v) is 4.35. The van der Waals surface area contributed by atoms with Gasteiger partial charge in [-0.25, -0.2) is 0 Å². The van der Waals surface area contributed by atoms with Crippen molar-refractivity contribution in [3.05, 3.63) is 34.7 Å². The number of amides is 2. The van der Waals surface area contributed by atoms with E-state index < -0.39 is 0 Å². The van der Waals surface area contributed by atoms with Gasteiger partial charge in [0.1, 0.15) is 6.54 Å². The monoisotopic (exact) mass is 374 g/mol. The van der Waals surface area contributed by atoms with Crippen LogP contribution in [0, 0.1) is 0 Å². The van der Waals surface area contributed by atoms with E-state index in [4.69, 9.17) is 0 Å². The van der Waals surface area contributed by atoms with Crippen molar-refractivity contribution >= 4 is 11.8 Å². The van der Waals surface area contributed by atoms with E-state index in [-0.39, 0.29) is 36.0 Å². The Morgan fingerprint density at radius 1 is 1.19 bits per heavy atom. The highest BCUT2D eigenvalue weighted by Gasteiger charge is 2.40. The van der Waals surface area contributed by atoms with Crippen LogP contribution >= 0.6 is 0 Å². The fourth-order valence-electron chi connectivity index (χ4n) is 4.35. The molecule has 7 nitrogen and oxygen atoms in total. The average molecular weight is 374 g/mol. The molecular weight excluding hydrogens is 344 g/mol. The molecule has 3 rings (SSSR count). The van der Waals surface area contributed by atoms with Crippen molar-refractivity contribution in [2.24, 2.45) is 0 Å². The number of aromatic nitrogens is 1. The topological polar surface area (TPSA) is 83.4 Å². The molecular formula is C20H30N4O3. The van der Waals surface area contributed by atoms with Crippen LogP contribution in [0.2, 0.25) is 0 Å². The summed E-state index contributed by atoms with van der Waals surface area (Å²) in [5.74, 6) is -0.132. The van der Waals surface area contributed by atoms with Gasteiger partial charge in [-0.1, -0.05) is 25.3 Å². The van der Waals surface area contributed by atoms with Crippen LogP contribution in [0.3, 0.4) is 0 Å². The van der Waals surface area contributed by atoms with Crippen LogP contribution in [0.5, 0.6) is 0 Å². The zero-order chi connectivity index (χ0) is 19.2. The van der Waals surface area contributed by atoms with Crippen molar-refractivity contribution in [3.8, 4) is 0 Å². The first kappa shape index (κ1) is 19.6. The number of hydrogen-bond acceptors (Lipinski definition) is 4. The first-order valence-electron chi connectivity index (χ1n) is 10.1. The number of pyridine rings is 1. The summed E-state index contributed by atoms with van der Waals surface area (Å²) in [5.41, 5.74) is -0.192. The third-order valence-corrected chi connectivity index (χ3v) is 5.61. The summed E-state index contributed by atoms with van der Waals surface area (Å²) in [5, 5.41) is 5.97. The van der Waals surface area contributed by atoms with Gasteiger partial charge in [0.05, 0.1) is 6.04 Å². The Hall–Kier alpha value is -2.15. The van der Waals surface area contributed by atoms with Crippen LogP contribution < -0.4 is 16.2 Å². The molecule has 7 heteroatoms. The molecule has 2 heterocycles. The molecule has 2 N–H and O–H groups in total. The molecule has 0 unspecified atom stereocenters. The molecule has 2 amide bonds. The predicted octanol–water partition coefficient (Wildman–Crippen LogP) is 0.876. The van der Waals surface area contributed by atoms with Crippen LogP contribution in [0.25, 0.3) is 0 Å². The van der Waals surface area contributed by atoms with E-state index in [0.29, 0.717) is 25.6 Å². The number of nitrogens with one attached hydrogen (secondary N) is 2. The first-order chi connectivity index (χ1) is 13.1. The van der Waals surface area contributed by atoms with Crippen LogP contribution in [-0.4, -0.2) is 52.5 Å². The third kappa shape index (κ3) is 4.97. The van der Waals surface area contributed by atoms with E-state index in [1.807, 2.05) is 6.92 Å². The number of carbonyl (C=O) groups is 2. The molecule has 1 aromatic rings. The molecule has 27 heavy (non-hydrogen) atoms. The Balaban J connectivity index is 1.63. The molecule has 148 valence electrons. The molecule has 1 aliphatic carbocycles. The highest BCUT2D eigenvalue weighted by Crippen LogP contribution is 2.29. The second kappa shape index (κ2) is 9.17. The lowest BCUT2D eigenvalue weighted by molar-refractivity contribution is -0.126. The lowest BCUT2D eigenvalue weighted by Crippen LogP contribution is -2.48. The summed E-state index contributed by atoms with van der Waals surface area (Å²) in [6, 6.07) is 5.01. The standard InChI is InChI=1S/C20H30N4O3/c1-2-21-20(27)17-12-15(13-24(17)16-8-4-3-5-9-16)22-18(25)14-23-11-7-6-10-19(23)26/h6-7,10-11,15-17H,2-5,8-9,12-14H2,1H3,(H,21,27)(H,22,25)/t15-,17-/m0/s1. The Labute approximate surface area is 160 Å². The van der Waals surface area contributed by atoms with Gasteiger partial charge in [0, 0.05) is 37.4 Å². The van der Waals surface area contributed by atoms with Crippen molar-refractivity contribution in [3.63, 3.8) is 0 Å². The summed E-state index contributed by atoms with van der Waals surface area (Å²) in [6.45, 7) is 3.24. The largest absolute Gasteiger partial charge is 0.355 e. The summed E-state index contributed by atoms with van der Waals surface area (Å²) >= 11 is 0. The van der Waals surface area contributed by atoms with Gasteiger partial charge < -0.3 is 15.2 Å². The van der Waals surface area contributed by atoms with E-state index in [1.54, 1.807) is 18.3 Å². The minimum Gasteiger partial charge on any atom is -0.355 e. The van der Waals surface area contributed by atoms with Crippen LogP contribution in [-0.2, 0) is 16.1 Å². The molecule has 1 aliphatic heterocycles. The molecule has 0 spiro atoms. The van der Waals surface area contributed by atoms with Gasteiger partial charge in [-0.15, -0.1) is 0 Å². The van der Waals surface area contributed by atoms with Gasteiger partial charge in [0.2, 0.25) is 11.8 Å². The maximum Gasteiger partial charge on any atom is 0.250 e. The van der Waals surface area contributed by atoms with Gasteiger partial charge >= 0.3 is 0 Å². The number of carbonyl (C=O) groups excluding carboxylic acids is 2. The predicted molar refractivity (Wildman–Crippen MR) is 103 cm³/mol. The van der Waals surface area contributed by atoms with Crippen LogP contribution in [0.1, 0.15) is 45.4 Å². The van der Waals surface area contributed by atoms with E-state index in [0.717, 1.165) is 12.8 Å². The summed E-state index contributed by atoms with van der Waals surface area (Å²) < 4.78 is 1.39. The van der Waals surface area contributed by atoms with Crippen molar-refractivity contribution in [2.45, 2.75) is 70.1 Å². The zero-order valence-electron chi connectivity index (χ0n) is 16.0. The number of likely N-dealkylation sites (N-methyl/N-ethyl adjacent to an activating group) is 1. The van der Waals surface area contributed by atoms with Gasteiger partial charge in [-0.2, -0.15) is 0 Å². The molecule has 0 aromatic carbocycles. The Morgan fingerprint density at radius 3 is 2.67 bits per heavy atom. The molecule has 0 bridgehead atoms. The summed E-state index contributed by atoms with van der Waals surface area (Å²) in [4.78, 5) is 39.1. The highest BCUT2D eigenvalue weighted by molar-refractivity contribution is 5.82.